The second-order valence-electron chi connectivity index (χ2n) is 16.4. The van der Waals surface area contributed by atoms with Gasteiger partial charge < -0.3 is 10.1 Å². The molecule has 2 saturated carbocycles. The lowest BCUT2D eigenvalue weighted by molar-refractivity contribution is -0.123. The summed E-state index contributed by atoms with van der Waals surface area (Å²) in [5.74, 6) is -8.70. The molecule has 332 valence electrons. The van der Waals surface area contributed by atoms with Crippen LogP contribution in [0, 0.1) is 23.5 Å². The summed E-state index contributed by atoms with van der Waals surface area (Å²) in [6, 6.07) is 6.77. The molecule has 63 heavy (non-hydrogen) atoms. The molecule has 6 aromatic rings. The fraction of sp³-hybridized carbons (Fsp3) is 0.415. The number of anilines is 1. The Balaban J connectivity index is 1.23. The first-order valence-electron chi connectivity index (χ1n) is 20.0. The first kappa shape index (κ1) is 42.6. The van der Waals surface area contributed by atoms with E-state index in [0.717, 1.165) is 48.6 Å². The highest BCUT2D eigenvalue weighted by Crippen LogP contribution is 2.68. The molecule has 3 aliphatic rings. The van der Waals surface area contributed by atoms with Gasteiger partial charge in [0.1, 0.15) is 41.5 Å². The van der Waals surface area contributed by atoms with E-state index < -0.39 is 87.7 Å². The van der Waals surface area contributed by atoms with E-state index in [1.165, 1.54) is 36.0 Å². The second kappa shape index (κ2) is 15.5. The molecule has 4 heterocycles. The monoisotopic (exact) mass is 917 g/mol. The maximum atomic E-state index is 15.5. The number of sulfonamides is 1. The van der Waals surface area contributed by atoms with Gasteiger partial charge in [-0.25, -0.2) is 31.0 Å². The maximum absolute atomic E-state index is 15.5. The van der Waals surface area contributed by atoms with Crippen LogP contribution in [0.15, 0.2) is 47.3 Å². The van der Waals surface area contributed by atoms with Crippen LogP contribution in [0.3, 0.4) is 0 Å². The number of aromatic nitrogens is 7. The van der Waals surface area contributed by atoms with Crippen molar-refractivity contribution in [3.63, 3.8) is 0 Å². The minimum atomic E-state index is -3.91. The molecule has 9 rings (SSSR count). The number of pyridine rings is 1. The van der Waals surface area contributed by atoms with Crippen molar-refractivity contribution in [3.8, 4) is 11.6 Å². The number of carbonyl (C=O) groups is 1. The third kappa shape index (κ3) is 7.76. The Morgan fingerprint density at radius 2 is 1.76 bits per heavy atom. The molecule has 1 amide bonds. The van der Waals surface area contributed by atoms with Gasteiger partial charge in [-0.3, -0.25) is 28.2 Å². The van der Waals surface area contributed by atoms with Crippen LogP contribution >= 0.6 is 11.6 Å². The van der Waals surface area contributed by atoms with Crippen LogP contribution in [-0.2, 0) is 40.8 Å². The third-order valence-corrected chi connectivity index (χ3v) is 12.9. The lowest BCUT2D eigenvalue weighted by Crippen LogP contribution is -2.38. The Morgan fingerprint density at radius 1 is 1.05 bits per heavy atom. The van der Waals surface area contributed by atoms with Gasteiger partial charge in [0, 0.05) is 37.1 Å². The van der Waals surface area contributed by atoms with Gasteiger partial charge in [0.25, 0.3) is 17.9 Å². The Bertz CT molecular complexity index is 3010. The second-order valence-corrected chi connectivity index (χ2v) is 18.6. The maximum Gasteiger partial charge on any atom is 0.293 e. The van der Waals surface area contributed by atoms with Crippen LogP contribution in [0.5, 0.6) is 5.88 Å². The molecule has 4 aromatic heterocycles. The van der Waals surface area contributed by atoms with Gasteiger partial charge in [-0.1, -0.05) is 24.4 Å². The molecule has 14 nitrogen and oxygen atoms in total. The first-order chi connectivity index (χ1) is 29.8. The quantitative estimate of drug-likeness (QED) is 0.112. The van der Waals surface area contributed by atoms with Crippen molar-refractivity contribution in [2.75, 3.05) is 11.0 Å². The van der Waals surface area contributed by atoms with Crippen molar-refractivity contribution in [2.24, 2.45) is 18.9 Å². The largest absolute Gasteiger partial charge is 0.474 e. The van der Waals surface area contributed by atoms with E-state index in [0.29, 0.717) is 10.7 Å². The van der Waals surface area contributed by atoms with E-state index in [9.17, 15) is 35.6 Å². The van der Waals surface area contributed by atoms with Crippen LogP contribution in [0.1, 0.15) is 85.8 Å². The molecule has 0 bridgehead atoms. The van der Waals surface area contributed by atoms with E-state index in [2.05, 4.69) is 25.2 Å². The van der Waals surface area contributed by atoms with Crippen molar-refractivity contribution < 1.29 is 44.3 Å². The number of alkyl halides is 4. The van der Waals surface area contributed by atoms with E-state index in [1.54, 1.807) is 0 Å². The van der Waals surface area contributed by atoms with E-state index in [4.69, 9.17) is 21.3 Å². The highest BCUT2D eigenvalue weighted by atomic mass is 35.5. The topological polar surface area (TPSA) is 168 Å². The molecule has 0 radical (unpaired) electrons. The Kier molecular flexibility index (Phi) is 10.5. The summed E-state index contributed by atoms with van der Waals surface area (Å²) in [6.07, 6.45) is 0.986. The summed E-state index contributed by atoms with van der Waals surface area (Å²) in [5.41, 5.74) is -2.80. The molecule has 3 aliphatic carbocycles. The molecule has 2 aromatic carbocycles. The van der Waals surface area contributed by atoms with Gasteiger partial charge in [-0.05, 0) is 73.9 Å². The third-order valence-electron chi connectivity index (χ3n) is 12.0. The number of hydrogen-bond acceptors (Lipinski definition) is 9. The van der Waals surface area contributed by atoms with E-state index >= 15 is 8.78 Å². The van der Waals surface area contributed by atoms with E-state index in [-0.39, 0.29) is 79.7 Å². The molecular formula is C41H38ClF6N9O5S. The fourth-order valence-corrected chi connectivity index (χ4v) is 9.96. The number of amides is 1. The highest BCUT2D eigenvalue weighted by Gasteiger charge is 2.67. The van der Waals surface area contributed by atoms with Gasteiger partial charge in [0.2, 0.25) is 21.8 Å². The molecule has 0 unspecified atom stereocenters. The van der Waals surface area contributed by atoms with Crippen LogP contribution in [-0.4, -0.2) is 60.8 Å². The van der Waals surface area contributed by atoms with Crippen LogP contribution in [0.25, 0.3) is 27.6 Å². The zero-order chi connectivity index (χ0) is 44.9. The molecule has 2 fully saturated rings. The summed E-state index contributed by atoms with van der Waals surface area (Å²) in [4.78, 5) is 38.5. The van der Waals surface area contributed by atoms with Crippen LogP contribution in [0.2, 0.25) is 5.02 Å². The number of hydrogen-bond donors (Lipinski definition) is 2. The molecule has 4 atom stereocenters. The minimum absolute atomic E-state index is 0.00420. The summed E-state index contributed by atoms with van der Waals surface area (Å²) >= 11 is 6.63. The molecule has 22 heteroatoms. The molecule has 0 aliphatic heterocycles. The van der Waals surface area contributed by atoms with Gasteiger partial charge >= 0.3 is 0 Å². The molecule has 0 spiro atoms. The van der Waals surface area contributed by atoms with Gasteiger partial charge in [-0.15, -0.1) is 0 Å². The Labute approximate surface area is 359 Å². The number of rotatable bonds is 13. The summed E-state index contributed by atoms with van der Waals surface area (Å²) in [6.45, 7) is 0.922. The zero-order valence-corrected chi connectivity index (χ0v) is 35.3. The van der Waals surface area contributed by atoms with Crippen molar-refractivity contribution in [1.82, 2.24) is 39.4 Å². The smallest absolute Gasteiger partial charge is 0.293 e. The number of nitrogens with zero attached hydrogens (tertiary/aromatic N) is 7. The summed E-state index contributed by atoms with van der Waals surface area (Å²) in [5, 5.41) is 10.8. The standard InChI is InChI=1S/C41H38ClF6N9O5S/c1-18(20-6-4-5-7-20)62-30-11-8-23-37(50-30)51-39(57(40(23)59)28-10-9-26(42)32-34(28)55(2)53-38(32)54-63(3,60)61)27(14-19-12-21(43)15-22(44)13-19)49-29(58)17-56-35-31(33(52-56)36(45)46)24-16-25(24)41(35,47)48/h8-13,15,18,20,24-25,27,36H,4-7,14,16-17H2,1-3H3,(H,49,58)(H,53,54)/t18-,24-,25+,27-/m0/s1. The highest BCUT2D eigenvalue weighted by molar-refractivity contribution is 7.92. The lowest BCUT2D eigenvalue weighted by Gasteiger charge is -2.24. The summed E-state index contributed by atoms with van der Waals surface area (Å²) < 4.78 is 125. The lowest BCUT2D eigenvalue weighted by atomic mass is 10.0. The van der Waals surface area contributed by atoms with Gasteiger partial charge in [-0.2, -0.15) is 24.0 Å². The number of carbonyl (C=O) groups excluding carboxylic acids is 1. The van der Waals surface area contributed by atoms with Crippen molar-refractivity contribution in [1.29, 1.82) is 0 Å². The zero-order valence-electron chi connectivity index (χ0n) is 33.7. The van der Waals surface area contributed by atoms with Crippen molar-refractivity contribution in [2.45, 2.75) is 82.4 Å². The number of halogens is 7. The normalized spacial score (nSPS) is 19.1. The predicted octanol–water partition coefficient (Wildman–Crippen LogP) is 7.37. The van der Waals surface area contributed by atoms with Gasteiger partial charge in [0.05, 0.1) is 39.3 Å². The molecule has 2 N–H and O–H groups in total. The molecular weight excluding hydrogens is 880 g/mol. The number of benzene rings is 2. The fourth-order valence-electron chi connectivity index (χ4n) is 9.22. The average molecular weight is 918 g/mol. The van der Waals surface area contributed by atoms with Crippen molar-refractivity contribution in [3.05, 3.63) is 97.8 Å². The average Bonchev–Trinajstić information content (AvgIpc) is 3.43. The summed E-state index contributed by atoms with van der Waals surface area (Å²) in [7, 11) is -2.46. The number of aryl methyl sites for hydroxylation is 1. The number of ether oxygens (including phenoxy) is 1. The van der Waals surface area contributed by atoms with Crippen LogP contribution < -0.4 is 20.3 Å². The Morgan fingerprint density at radius 3 is 2.44 bits per heavy atom. The van der Waals surface area contributed by atoms with Crippen molar-refractivity contribution >= 4 is 55.3 Å². The minimum Gasteiger partial charge on any atom is -0.474 e. The number of fused-ring (bicyclic) bond motifs is 5. The SMILES string of the molecule is C[C@H](Oc1ccc2c(=O)n(-c3ccc(Cl)c4c(NS(C)(=O)=O)nn(C)c34)c([C@H](Cc3cc(F)cc(F)c3)NC(=O)Cn3nc(C(F)F)c4c3C(F)(F)[C@@H]3C[C@H]43)nc2n1)C1CCCC1. The predicted molar refractivity (Wildman–Crippen MR) is 218 cm³/mol. The van der Waals surface area contributed by atoms with Crippen LogP contribution in [0.4, 0.5) is 32.2 Å². The molecule has 0 saturated heterocycles. The number of nitrogens with one attached hydrogen (secondary N) is 2. The van der Waals surface area contributed by atoms with Gasteiger partial charge in [0.15, 0.2) is 11.5 Å². The van der Waals surface area contributed by atoms with E-state index in [1.807, 2.05) is 6.92 Å². The first-order valence-corrected chi connectivity index (χ1v) is 22.3. The Hall–Kier alpha value is -5.70.